The maximum absolute atomic E-state index is 11.8. The number of anilines is 1. The number of ether oxygens (including phenoxy) is 1. The molecule has 3 atom stereocenters. The molecule has 1 unspecified atom stereocenters. The molecule has 38 heavy (non-hydrogen) atoms. The summed E-state index contributed by atoms with van der Waals surface area (Å²) in [6.45, 7) is 6.22. The Hall–Kier alpha value is -2.95. The highest BCUT2D eigenvalue weighted by atomic mass is 35.5. The zero-order valence-corrected chi connectivity index (χ0v) is 22.7. The van der Waals surface area contributed by atoms with Crippen LogP contribution in [-0.2, 0) is 16.1 Å². The second-order valence-corrected chi connectivity index (χ2v) is 11.4. The molecule has 1 aliphatic carbocycles. The van der Waals surface area contributed by atoms with Crippen LogP contribution in [0, 0.1) is 11.8 Å². The van der Waals surface area contributed by atoms with E-state index in [2.05, 4.69) is 39.1 Å². The molecule has 2 saturated heterocycles. The van der Waals surface area contributed by atoms with E-state index in [1.165, 1.54) is 25.7 Å². The van der Waals surface area contributed by atoms with Crippen LogP contribution >= 0.6 is 11.6 Å². The third kappa shape index (κ3) is 4.81. The fraction of sp³-hybridized carbons (Fsp3) is 0.556. The van der Waals surface area contributed by atoms with Crippen molar-refractivity contribution in [3.05, 3.63) is 35.2 Å². The van der Waals surface area contributed by atoms with Crippen LogP contribution < -0.4 is 15.7 Å². The highest BCUT2D eigenvalue weighted by Gasteiger charge is 2.35. The first-order valence-corrected chi connectivity index (χ1v) is 13.8. The third-order valence-corrected chi connectivity index (χ3v) is 8.44. The highest BCUT2D eigenvalue weighted by molar-refractivity contribution is 6.30. The van der Waals surface area contributed by atoms with Crippen LogP contribution in [-0.4, -0.2) is 51.4 Å². The number of hydrogen-bond donors (Lipinski definition) is 2. The Labute approximate surface area is 227 Å². The average molecular weight is 540 g/mol. The number of imidazole rings is 1. The number of carbonyl (C=O) groups excluding carboxylic acids is 1. The smallest absolute Gasteiger partial charge is 0.380 e. The third-order valence-electron chi connectivity index (χ3n) is 8.23. The molecule has 6 rings (SSSR count). The van der Waals surface area contributed by atoms with E-state index in [9.17, 15) is 4.79 Å². The van der Waals surface area contributed by atoms with E-state index in [1.807, 2.05) is 12.1 Å². The summed E-state index contributed by atoms with van der Waals surface area (Å²) >= 11 is 6.38. The monoisotopic (exact) mass is 539 g/mol. The predicted octanol–water partition coefficient (Wildman–Crippen LogP) is 4.83. The molecule has 3 aliphatic rings. The van der Waals surface area contributed by atoms with E-state index in [4.69, 9.17) is 31.1 Å². The first-order valence-electron chi connectivity index (χ1n) is 13.4. The average Bonchev–Trinajstić information content (AvgIpc) is 3.61. The number of nitrogens with zero attached hydrogens (tertiary/aromatic N) is 5. The molecule has 3 fully saturated rings. The van der Waals surface area contributed by atoms with Gasteiger partial charge in [0.1, 0.15) is 0 Å². The van der Waals surface area contributed by atoms with Crippen molar-refractivity contribution in [1.29, 1.82) is 0 Å². The minimum Gasteiger partial charge on any atom is -0.380 e. The maximum atomic E-state index is 11.8. The lowest BCUT2D eigenvalue weighted by Gasteiger charge is -2.29. The van der Waals surface area contributed by atoms with Crippen molar-refractivity contribution >= 4 is 34.7 Å². The van der Waals surface area contributed by atoms with Crippen molar-refractivity contribution < 1.29 is 14.4 Å². The molecule has 5 heterocycles. The summed E-state index contributed by atoms with van der Waals surface area (Å²) < 4.78 is 8.09. The van der Waals surface area contributed by atoms with Crippen LogP contribution in [0.25, 0.3) is 22.3 Å². The van der Waals surface area contributed by atoms with Crippen molar-refractivity contribution in [3.8, 4) is 11.3 Å². The van der Waals surface area contributed by atoms with Crippen LogP contribution in [0.15, 0.2) is 24.5 Å². The summed E-state index contributed by atoms with van der Waals surface area (Å²) in [5, 5.41) is 3.28. The Morgan fingerprint density at radius 2 is 1.97 bits per heavy atom. The number of halogens is 1. The number of methoxy groups -OCH3 is 1. The maximum Gasteiger partial charge on any atom is 0.427 e. The van der Waals surface area contributed by atoms with Gasteiger partial charge in [0.05, 0.1) is 33.5 Å². The lowest BCUT2D eigenvalue weighted by atomic mass is 9.83. The fourth-order valence-corrected chi connectivity index (χ4v) is 6.24. The van der Waals surface area contributed by atoms with Crippen LogP contribution in [0.4, 0.5) is 10.7 Å². The topological polar surface area (TPSA) is 106 Å². The minimum absolute atomic E-state index is 0.161. The quantitative estimate of drug-likeness (QED) is 0.459. The number of rotatable bonds is 6. The van der Waals surface area contributed by atoms with E-state index in [1.54, 1.807) is 19.5 Å². The van der Waals surface area contributed by atoms with Gasteiger partial charge in [-0.3, -0.25) is 10.3 Å². The van der Waals surface area contributed by atoms with Gasteiger partial charge in [-0.2, -0.15) is 0 Å². The first kappa shape index (κ1) is 25.3. The molecule has 0 bridgehead atoms. The molecule has 0 aromatic carbocycles. The Morgan fingerprint density at radius 1 is 1.16 bits per heavy atom. The molecule has 3 aromatic heterocycles. The standard InChI is InChI=1S/C27H34ClN7O3/c1-15-4-6-17(7-5-15)13-35-24-21(31-26(35)34-14-20(37-3)8-16(34)2)10-22(25-32-27(36)38-33-25)30-23(24)18-9-19(28)12-29-11-18/h9-12,15-17,20,25,33H,4-8,13-14H2,1-3H3,(H,32,36)/t15?,16-,17?,20-,25?/m1/s1. The fourth-order valence-electron chi connectivity index (χ4n) is 6.07. The molecule has 1 saturated carbocycles. The van der Waals surface area contributed by atoms with Gasteiger partial charge >= 0.3 is 6.09 Å². The zero-order chi connectivity index (χ0) is 26.4. The number of fused-ring (bicyclic) bond motifs is 1. The summed E-state index contributed by atoms with van der Waals surface area (Å²) in [4.78, 5) is 33.6. The van der Waals surface area contributed by atoms with E-state index < -0.39 is 12.3 Å². The lowest BCUT2D eigenvalue weighted by molar-refractivity contribution is 0.118. The molecule has 0 radical (unpaired) electrons. The van der Waals surface area contributed by atoms with E-state index in [0.29, 0.717) is 16.6 Å². The summed E-state index contributed by atoms with van der Waals surface area (Å²) in [6, 6.07) is 4.09. The van der Waals surface area contributed by atoms with E-state index >= 15 is 0 Å². The predicted molar refractivity (Wildman–Crippen MR) is 145 cm³/mol. The van der Waals surface area contributed by atoms with Crippen LogP contribution in [0.1, 0.15) is 57.8 Å². The Balaban J connectivity index is 1.53. The molecular formula is C27H34ClN7O3. The molecule has 2 aliphatic heterocycles. The van der Waals surface area contributed by atoms with Gasteiger partial charge in [-0.1, -0.05) is 31.4 Å². The number of amides is 1. The van der Waals surface area contributed by atoms with Crippen molar-refractivity contribution in [2.24, 2.45) is 11.8 Å². The van der Waals surface area contributed by atoms with Crippen molar-refractivity contribution in [2.45, 2.75) is 70.8 Å². The zero-order valence-electron chi connectivity index (χ0n) is 22.0. The molecule has 1 amide bonds. The number of nitrogens with one attached hydrogen (secondary N) is 2. The molecule has 3 aromatic rings. The summed E-state index contributed by atoms with van der Waals surface area (Å²) in [5.41, 5.74) is 6.60. The van der Waals surface area contributed by atoms with E-state index in [0.717, 1.165) is 53.7 Å². The van der Waals surface area contributed by atoms with Gasteiger partial charge in [-0.05, 0) is 50.2 Å². The van der Waals surface area contributed by atoms with Gasteiger partial charge in [0.2, 0.25) is 5.95 Å². The van der Waals surface area contributed by atoms with Gasteiger partial charge < -0.3 is 19.0 Å². The van der Waals surface area contributed by atoms with Crippen LogP contribution in [0.2, 0.25) is 5.02 Å². The minimum atomic E-state index is -0.588. The highest BCUT2D eigenvalue weighted by Crippen LogP contribution is 2.38. The SMILES string of the molecule is CO[C@@H]1C[C@@H](C)N(c2nc3cc(C4NOC(=O)N4)nc(-c4cncc(Cl)c4)c3n2CC2CCC(C)CC2)C1. The summed E-state index contributed by atoms with van der Waals surface area (Å²) in [5.74, 6) is 2.27. The van der Waals surface area contributed by atoms with Crippen molar-refractivity contribution in [1.82, 2.24) is 30.3 Å². The second-order valence-electron chi connectivity index (χ2n) is 11.0. The summed E-state index contributed by atoms with van der Waals surface area (Å²) in [7, 11) is 1.78. The second kappa shape index (κ2) is 10.3. The molecule has 202 valence electrons. The number of carbonyl (C=O) groups is 1. The first-order chi connectivity index (χ1) is 18.4. The van der Waals surface area contributed by atoms with Crippen molar-refractivity contribution in [2.75, 3.05) is 18.6 Å². The Bertz CT molecular complexity index is 1340. The molecule has 2 N–H and O–H groups in total. The molecule has 0 spiro atoms. The lowest BCUT2D eigenvalue weighted by Crippen LogP contribution is -2.31. The molecular weight excluding hydrogens is 506 g/mol. The normalized spacial score (nSPS) is 27.6. The van der Waals surface area contributed by atoms with Gasteiger partial charge in [-0.15, -0.1) is 5.48 Å². The number of hydroxylamine groups is 1. The van der Waals surface area contributed by atoms with Gasteiger partial charge in [-0.25, -0.2) is 14.8 Å². The van der Waals surface area contributed by atoms with Gasteiger partial charge in [0.15, 0.2) is 6.17 Å². The van der Waals surface area contributed by atoms with Crippen LogP contribution in [0.5, 0.6) is 0 Å². The Kier molecular flexibility index (Phi) is 6.88. The number of aromatic nitrogens is 4. The summed E-state index contributed by atoms with van der Waals surface area (Å²) in [6.07, 6.45) is 8.26. The van der Waals surface area contributed by atoms with Crippen molar-refractivity contribution in [3.63, 3.8) is 0 Å². The number of pyridine rings is 2. The van der Waals surface area contributed by atoms with Gasteiger partial charge in [0.25, 0.3) is 0 Å². The number of hydrogen-bond acceptors (Lipinski definition) is 8. The Morgan fingerprint density at radius 3 is 2.66 bits per heavy atom. The van der Waals surface area contributed by atoms with Crippen LogP contribution in [0.3, 0.4) is 0 Å². The largest absolute Gasteiger partial charge is 0.427 e. The van der Waals surface area contributed by atoms with Gasteiger partial charge in [0, 0.05) is 44.2 Å². The van der Waals surface area contributed by atoms with E-state index in [-0.39, 0.29) is 12.1 Å². The molecule has 11 heteroatoms. The molecule has 10 nitrogen and oxygen atoms in total.